The minimum absolute atomic E-state index is 0.532. The van der Waals surface area contributed by atoms with Gasteiger partial charge in [-0.15, -0.1) is 0 Å². The second-order valence-corrected chi connectivity index (χ2v) is 5.60. The first-order valence-corrected chi connectivity index (χ1v) is 7.69. The highest BCUT2D eigenvalue weighted by Crippen LogP contribution is 2.25. The molecule has 0 aromatic carbocycles. The predicted octanol–water partition coefficient (Wildman–Crippen LogP) is 2.51. The van der Waals surface area contributed by atoms with Gasteiger partial charge in [0.2, 0.25) is 0 Å². The van der Waals surface area contributed by atoms with Gasteiger partial charge in [0.1, 0.15) is 0 Å². The highest BCUT2D eigenvalue weighted by molar-refractivity contribution is 4.83. The van der Waals surface area contributed by atoms with Gasteiger partial charge in [0, 0.05) is 25.7 Å². The van der Waals surface area contributed by atoms with Crippen LogP contribution in [0.3, 0.4) is 0 Å². The molecule has 3 atom stereocenters. The number of methoxy groups -OCH3 is 1. The summed E-state index contributed by atoms with van der Waals surface area (Å²) in [6.07, 6.45) is 5.54. The van der Waals surface area contributed by atoms with Gasteiger partial charge in [-0.3, -0.25) is 4.90 Å². The molecule has 0 radical (unpaired) electrons. The average Bonchev–Trinajstić information content (AvgIpc) is 2.38. The van der Waals surface area contributed by atoms with E-state index in [1.54, 1.807) is 7.11 Å². The summed E-state index contributed by atoms with van der Waals surface area (Å²) in [6.45, 7) is 11.0. The first kappa shape index (κ1) is 15.9. The van der Waals surface area contributed by atoms with Crippen LogP contribution in [-0.4, -0.2) is 50.3 Å². The van der Waals surface area contributed by atoms with Crippen LogP contribution in [-0.2, 0) is 4.74 Å². The molecule has 1 aliphatic carbocycles. The van der Waals surface area contributed by atoms with Crippen molar-refractivity contribution in [3.8, 4) is 0 Å². The number of likely N-dealkylation sites (N-methyl/N-ethyl adjacent to an activating group) is 1. The summed E-state index contributed by atoms with van der Waals surface area (Å²) < 4.78 is 5.29. The summed E-state index contributed by atoms with van der Waals surface area (Å²) in [4.78, 5) is 2.57. The first-order chi connectivity index (χ1) is 8.72. The summed E-state index contributed by atoms with van der Waals surface area (Å²) >= 11 is 0. The van der Waals surface area contributed by atoms with E-state index < -0.39 is 0 Å². The first-order valence-electron chi connectivity index (χ1n) is 7.69. The van der Waals surface area contributed by atoms with Crippen molar-refractivity contribution in [2.24, 2.45) is 5.92 Å². The third-order valence-electron chi connectivity index (χ3n) is 4.28. The lowest BCUT2D eigenvalue weighted by Gasteiger charge is -2.37. The van der Waals surface area contributed by atoms with Gasteiger partial charge in [-0.1, -0.05) is 26.7 Å². The van der Waals surface area contributed by atoms with Crippen molar-refractivity contribution in [2.45, 2.75) is 58.5 Å². The van der Waals surface area contributed by atoms with E-state index in [0.717, 1.165) is 31.7 Å². The Morgan fingerprint density at radius 2 is 2.00 bits per heavy atom. The Hall–Kier alpha value is -0.120. The third kappa shape index (κ3) is 4.87. The van der Waals surface area contributed by atoms with Gasteiger partial charge in [-0.05, 0) is 38.8 Å². The van der Waals surface area contributed by atoms with Crippen molar-refractivity contribution in [1.82, 2.24) is 10.2 Å². The van der Waals surface area contributed by atoms with Gasteiger partial charge in [0.15, 0.2) is 0 Å². The Bertz CT molecular complexity index is 209. The topological polar surface area (TPSA) is 24.5 Å². The number of hydrogen-bond acceptors (Lipinski definition) is 3. The van der Waals surface area contributed by atoms with Crippen LogP contribution in [0, 0.1) is 5.92 Å². The molecule has 18 heavy (non-hydrogen) atoms. The maximum atomic E-state index is 5.29. The molecule has 1 N–H and O–H groups in total. The summed E-state index contributed by atoms with van der Waals surface area (Å²) in [5.41, 5.74) is 0. The van der Waals surface area contributed by atoms with Gasteiger partial charge in [0.05, 0.1) is 6.61 Å². The molecule has 0 bridgehead atoms. The Kier molecular flexibility index (Phi) is 7.87. The Labute approximate surface area is 113 Å². The average molecular weight is 256 g/mol. The molecule has 0 saturated heterocycles. The normalized spacial score (nSPS) is 26.5. The number of ether oxygens (including phenoxy) is 1. The molecular formula is C15H32N2O. The molecule has 1 aliphatic rings. The van der Waals surface area contributed by atoms with Crippen LogP contribution < -0.4 is 5.32 Å². The van der Waals surface area contributed by atoms with E-state index in [2.05, 4.69) is 31.0 Å². The van der Waals surface area contributed by atoms with Gasteiger partial charge >= 0.3 is 0 Å². The fourth-order valence-electron chi connectivity index (χ4n) is 3.23. The van der Waals surface area contributed by atoms with E-state index >= 15 is 0 Å². The van der Waals surface area contributed by atoms with E-state index in [4.69, 9.17) is 4.74 Å². The monoisotopic (exact) mass is 256 g/mol. The largest absolute Gasteiger partial charge is 0.383 e. The van der Waals surface area contributed by atoms with E-state index in [9.17, 15) is 0 Å². The third-order valence-corrected chi connectivity index (χ3v) is 4.28. The van der Waals surface area contributed by atoms with E-state index in [1.165, 1.54) is 32.2 Å². The summed E-state index contributed by atoms with van der Waals surface area (Å²) in [5.74, 6) is 0.818. The van der Waals surface area contributed by atoms with E-state index in [0.29, 0.717) is 6.04 Å². The lowest BCUT2D eigenvalue weighted by Crippen LogP contribution is -2.47. The van der Waals surface area contributed by atoms with Gasteiger partial charge in [0.25, 0.3) is 0 Å². The minimum Gasteiger partial charge on any atom is -0.383 e. The maximum absolute atomic E-state index is 5.29. The van der Waals surface area contributed by atoms with Gasteiger partial charge in [-0.25, -0.2) is 0 Å². The van der Waals surface area contributed by atoms with Crippen molar-refractivity contribution >= 4 is 0 Å². The molecule has 0 aromatic rings. The molecule has 108 valence electrons. The number of rotatable bonds is 8. The molecule has 1 rings (SSSR count). The van der Waals surface area contributed by atoms with E-state index in [-0.39, 0.29) is 0 Å². The number of hydrogen-bond donors (Lipinski definition) is 1. The van der Waals surface area contributed by atoms with Crippen LogP contribution in [0.4, 0.5) is 0 Å². The van der Waals surface area contributed by atoms with Crippen LogP contribution in [0.1, 0.15) is 46.5 Å². The molecule has 0 amide bonds. The Balaban J connectivity index is 2.49. The van der Waals surface area contributed by atoms with Crippen LogP contribution in [0.25, 0.3) is 0 Å². The standard InChI is InChI=1S/C15H32N2O/c1-5-16-15-10-8-7-9-14(15)11-17(6-2)13(3)12-18-4/h13-16H,5-12H2,1-4H3. The summed E-state index contributed by atoms with van der Waals surface area (Å²) in [7, 11) is 1.80. The molecule has 3 nitrogen and oxygen atoms in total. The second kappa shape index (κ2) is 8.89. The molecule has 3 unspecified atom stereocenters. The SMILES string of the molecule is CCNC1CCCCC1CN(CC)C(C)COC. The molecule has 0 heterocycles. The molecule has 0 spiro atoms. The zero-order valence-corrected chi connectivity index (χ0v) is 12.7. The van der Waals surface area contributed by atoms with Crippen LogP contribution in [0.5, 0.6) is 0 Å². The zero-order valence-electron chi connectivity index (χ0n) is 12.7. The molecule has 1 fully saturated rings. The quantitative estimate of drug-likeness (QED) is 0.722. The number of nitrogens with zero attached hydrogens (tertiary/aromatic N) is 1. The van der Waals surface area contributed by atoms with E-state index in [1.807, 2.05) is 0 Å². The fourth-order valence-corrected chi connectivity index (χ4v) is 3.23. The smallest absolute Gasteiger partial charge is 0.0615 e. The van der Waals surface area contributed by atoms with Crippen LogP contribution in [0.2, 0.25) is 0 Å². The Morgan fingerprint density at radius 1 is 1.28 bits per heavy atom. The molecule has 0 aliphatic heterocycles. The van der Waals surface area contributed by atoms with Crippen molar-refractivity contribution in [2.75, 3.05) is 33.4 Å². The molecule has 1 saturated carbocycles. The van der Waals surface area contributed by atoms with Crippen LogP contribution >= 0.6 is 0 Å². The highest BCUT2D eigenvalue weighted by atomic mass is 16.5. The second-order valence-electron chi connectivity index (χ2n) is 5.60. The highest BCUT2D eigenvalue weighted by Gasteiger charge is 2.27. The van der Waals surface area contributed by atoms with Crippen molar-refractivity contribution in [1.29, 1.82) is 0 Å². The van der Waals surface area contributed by atoms with Gasteiger partial charge < -0.3 is 10.1 Å². The lowest BCUT2D eigenvalue weighted by atomic mass is 9.84. The minimum atomic E-state index is 0.532. The Morgan fingerprint density at radius 3 is 2.61 bits per heavy atom. The van der Waals surface area contributed by atoms with Crippen molar-refractivity contribution < 1.29 is 4.74 Å². The summed E-state index contributed by atoms with van der Waals surface area (Å²) in [5, 5.41) is 3.68. The molecule has 0 aromatic heterocycles. The lowest BCUT2D eigenvalue weighted by molar-refractivity contribution is 0.0789. The summed E-state index contributed by atoms with van der Waals surface area (Å²) in [6, 6.07) is 1.26. The molecule has 3 heteroatoms. The maximum Gasteiger partial charge on any atom is 0.0615 e. The van der Waals surface area contributed by atoms with Crippen LogP contribution in [0.15, 0.2) is 0 Å². The van der Waals surface area contributed by atoms with Crippen molar-refractivity contribution in [3.05, 3.63) is 0 Å². The molecular weight excluding hydrogens is 224 g/mol. The number of nitrogens with one attached hydrogen (secondary N) is 1. The van der Waals surface area contributed by atoms with Gasteiger partial charge in [-0.2, -0.15) is 0 Å². The fraction of sp³-hybridized carbons (Fsp3) is 1.00. The predicted molar refractivity (Wildman–Crippen MR) is 78.0 cm³/mol. The zero-order chi connectivity index (χ0) is 13.4. The van der Waals surface area contributed by atoms with Crippen molar-refractivity contribution in [3.63, 3.8) is 0 Å².